The lowest BCUT2D eigenvalue weighted by Gasteiger charge is -2.34. The van der Waals surface area contributed by atoms with Crippen LogP contribution in [0.15, 0.2) is 42.5 Å². The smallest absolute Gasteiger partial charge is 0.312 e. The molecule has 0 radical (unpaired) electrons. The Kier molecular flexibility index (Phi) is 6.66. The monoisotopic (exact) mass is 435 g/mol. The molecule has 1 aliphatic heterocycles. The molecule has 1 aliphatic rings. The Hall–Kier alpha value is -3.00. The summed E-state index contributed by atoms with van der Waals surface area (Å²) in [4.78, 5) is 40.2. The van der Waals surface area contributed by atoms with Gasteiger partial charge in [-0.3, -0.25) is 14.4 Å². The van der Waals surface area contributed by atoms with Crippen LogP contribution in [0.25, 0.3) is 0 Å². The lowest BCUT2D eigenvalue weighted by atomic mass is 10.1. The Labute approximate surface area is 177 Å². The number of carbonyl (C=O) groups is 3. The van der Waals surface area contributed by atoms with E-state index in [2.05, 4.69) is 5.32 Å². The van der Waals surface area contributed by atoms with Crippen molar-refractivity contribution >= 4 is 29.3 Å². The highest BCUT2D eigenvalue weighted by atomic mass is 35.5. The van der Waals surface area contributed by atoms with E-state index in [1.165, 1.54) is 41.3 Å². The van der Waals surface area contributed by atoms with E-state index in [9.17, 15) is 23.2 Å². The van der Waals surface area contributed by atoms with Crippen LogP contribution < -0.4 is 5.32 Å². The van der Waals surface area contributed by atoms with Crippen molar-refractivity contribution in [2.45, 2.75) is 13.0 Å². The quantitative estimate of drug-likeness (QED) is 0.754. The van der Waals surface area contributed by atoms with Gasteiger partial charge in [0.25, 0.3) is 5.91 Å². The number of nitrogens with one attached hydrogen (secondary N) is 1. The summed E-state index contributed by atoms with van der Waals surface area (Å²) in [5.74, 6) is -2.70. The predicted molar refractivity (Wildman–Crippen MR) is 107 cm³/mol. The van der Waals surface area contributed by atoms with Gasteiger partial charge in [-0.2, -0.15) is 0 Å². The minimum absolute atomic E-state index is 0.156. The normalized spacial score (nSPS) is 14.9. The zero-order chi connectivity index (χ0) is 21.8. The highest BCUT2D eigenvalue weighted by molar-refractivity contribution is 6.35. The van der Waals surface area contributed by atoms with Gasteiger partial charge < -0.3 is 15.1 Å². The van der Waals surface area contributed by atoms with E-state index >= 15 is 0 Å². The van der Waals surface area contributed by atoms with Crippen LogP contribution >= 0.6 is 11.6 Å². The molecule has 1 N–H and O–H groups in total. The van der Waals surface area contributed by atoms with E-state index in [0.29, 0.717) is 11.1 Å². The van der Waals surface area contributed by atoms with Crippen molar-refractivity contribution in [3.63, 3.8) is 0 Å². The minimum Gasteiger partial charge on any atom is -0.341 e. The molecule has 30 heavy (non-hydrogen) atoms. The van der Waals surface area contributed by atoms with Crippen LogP contribution in [0.2, 0.25) is 5.02 Å². The van der Waals surface area contributed by atoms with Gasteiger partial charge in [0.2, 0.25) is 0 Å². The molecule has 1 heterocycles. The first-order valence-corrected chi connectivity index (χ1v) is 9.73. The number of carbonyl (C=O) groups excluding carboxylic acids is 3. The third-order valence-corrected chi connectivity index (χ3v) is 5.24. The largest absolute Gasteiger partial charge is 0.341 e. The molecule has 2 aromatic carbocycles. The van der Waals surface area contributed by atoms with E-state index in [1.807, 2.05) is 0 Å². The van der Waals surface area contributed by atoms with Crippen LogP contribution in [0, 0.1) is 11.6 Å². The van der Waals surface area contributed by atoms with Crippen molar-refractivity contribution in [3.05, 3.63) is 70.2 Å². The van der Waals surface area contributed by atoms with Gasteiger partial charge in [-0.25, -0.2) is 8.78 Å². The third-order valence-electron chi connectivity index (χ3n) is 4.92. The highest BCUT2D eigenvalue weighted by Gasteiger charge is 2.29. The molecular formula is C21H20ClF2N3O3. The number of benzene rings is 2. The Bertz CT molecular complexity index is 960. The second-order valence-electron chi connectivity index (χ2n) is 6.95. The van der Waals surface area contributed by atoms with Crippen LogP contribution in [0.3, 0.4) is 0 Å². The van der Waals surface area contributed by atoms with Crippen LogP contribution in [0.1, 0.15) is 28.9 Å². The molecule has 158 valence electrons. The van der Waals surface area contributed by atoms with Gasteiger partial charge in [-0.1, -0.05) is 17.7 Å². The Balaban J connectivity index is 1.54. The third kappa shape index (κ3) is 4.94. The topological polar surface area (TPSA) is 69.7 Å². The van der Waals surface area contributed by atoms with Crippen LogP contribution in [-0.4, -0.2) is 53.7 Å². The number of halogens is 3. The lowest BCUT2D eigenvalue weighted by Crippen LogP contribution is -2.54. The SMILES string of the molecule is CC(NC(=O)C(=O)N1CCN(C(=O)c2ccc(F)cc2)CC1)c1ccc(F)cc1Cl. The van der Waals surface area contributed by atoms with Gasteiger partial charge in [0.1, 0.15) is 11.6 Å². The molecule has 6 nitrogen and oxygen atoms in total. The van der Waals surface area contributed by atoms with Crippen molar-refractivity contribution in [3.8, 4) is 0 Å². The number of amides is 3. The molecule has 2 aromatic rings. The van der Waals surface area contributed by atoms with E-state index in [4.69, 9.17) is 11.6 Å². The number of hydrogen-bond acceptors (Lipinski definition) is 3. The van der Waals surface area contributed by atoms with Crippen molar-refractivity contribution in [1.29, 1.82) is 0 Å². The first-order valence-electron chi connectivity index (χ1n) is 9.36. The molecule has 1 fully saturated rings. The van der Waals surface area contributed by atoms with Gasteiger partial charge in [0, 0.05) is 36.8 Å². The Morgan fingerprint density at radius 3 is 2.10 bits per heavy atom. The van der Waals surface area contributed by atoms with Crippen LogP contribution in [0.4, 0.5) is 8.78 Å². The molecule has 0 aliphatic carbocycles. The summed E-state index contributed by atoms with van der Waals surface area (Å²) < 4.78 is 26.2. The zero-order valence-corrected chi connectivity index (χ0v) is 17.0. The Morgan fingerprint density at radius 2 is 1.50 bits per heavy atom. The van der Waals surface area contributed by atoms with Gasteiger partial charge in [0.15, 0.2) is 0 Å². The van der Waals surface area contributed by atoms with Crippen LogP contribution in [-0.2, 0) is 9.59 Å². The van der Waals surface area contributed by atoms with Gasteiger partial charge in [-0.05, 0) is 48.9 Å². The molecule has 9 heteroatoms. The first-order chi connectivity index (χ1) is 14.3. The van der Waals surface area contributed by atoms with E-state index in [0.717, 1.165) is 6.07 Å². The highest BCUT2D eigenvalue weighted by Crippen LogP contribution is 2.23. The summed E-state index contributed by atoms with van der Waals surface area (Å²) in [6.45, 7) is 2.56. The van der Waals surface area contributed by atoms with Gasteiger partial charge in [-0.15, -0.1) is 0 Å². The molecule has 3 rings (SSSR count). The van der Waals surface area contributed by atoms with Crippen molar-refractivity contribution < 1.29 is 23.2 Å². The van der Waals surface area contributed by atoms with E-state index in [-0.39, 0.29) is 37.1 Å². The number of hydrogen-bond donors (Lipinski definition) is 1. The summed E-state index contributed by atoms with van der Waals surface area (Å²) in [7, 11) is 0. The van der Waals surface area contributed by atoms with Gasteiger partial charge in [0.05, 0.1) is 6.04 Å². The molecule has 0 bridgehead atoms. The summed E-state index contributed by atoms with van der Waals surface area (Å²) in [6, 6.07) is 8.47. The summed E-state index contributed by atoms with van der Waals surface area (Å²) >= 11 is 6.00. The molecule has 0 saturated carbocycles. The van der Waals surface area contributed by atoms with Crippen molar-refractivity contribution in [2.75, 3.05) is 26.2 Å². The summed E-state index contributed by atoms with van der Waals surface area (Å²) in [6.07, 6.45) is 0. The molecule has 3 amide bonds. The average molecular weight is 436 g/mol. The first kappa shape index (κ1) is 21.7. The molecule has 1 saturated heterocycles. The fourth-order valence-electron chi connectivity index (χ4n) is 3.22. The lowest BCUT2D eigenvalue weighted by molar-refractivity contribution is -0.147. The number of rotatable bonds is 3. The molecule has 0 spiro atoms. The predicted octanol–water partition coefficient (Wildman–Crippen LogP) is 2.78. The fourth-order valence-corrected chi connectivity index (χ4v) is 3.55. The summed E-state index contributed by atoms with van der Waals surface area (Å²) in [5, 5.41) is 2.72. The summed E-state index contributed by atoms with van der Waals surface area (Å²) in [5.41, 5.74) is 0.854. The van der Waals surface area contributed by atoms with E-state index < -0.39 is 29.5 Å². The van der Waals surface area contributed by atoms with E-state index in [1.54, 1.807) is 11.8 Å². The maximum absolute atomic E-state index is 13.2. The molecular weight excluding hydrogens is 416 g/mol. The average Bonchev–Trinajstić information content (AvgIpc) is 2.73. The number of piperazine rings is 1. The molecule has 1 atom stereocenters. The molecule has 1 unspecified atom stereocenters. The maximum Gasteiger partial charge on any atom is 0.312 e. The number of nitrogens with zero attached hydrogens (tertiary/aromatic N) is 2. The Morgan fingerprint density at radius 1 is 0.933 bits per heavy atom. The fraction of sp³-hybridized carbons (Fsp3) is 0.286. The van der Waals surface area contributed by atoms with Crippen LogP contribution in [0.5, 0.6) is 0 Å². The maximum atomic E-state index is 13.2. The molecule has 0 aromatic heterocycles. The van der Waals surface area contributed by atoms with Crippen molar-refractivity contribution in [2.24, 2.45) is 0 Å². The van der Waals surface area contributed by atoms with Crippen molar-refractivity contribution in [1.82, 2.24) is 15.1 Å². The second-order valence-corrected chi connectivity index (χ2v) is 7.36. The zero-order valence-electron chi connectivity index (χ0n) is 16.2. The second kappa shape index (κ2) is 9.21. The minimum atomic E-state index is -0.804. The standard InChI is InChI=1S/C21H20ClF2N3O3/c1-13(17-7-6-16(24)12-18(17)22)25-19(28)21(30)27-10-8-26(9-11-27)20(29)14-2-4-15(23)5-3-14/h2-7,12-13H,8-11H2,1H3,(H,25,28). The van der Waals surface area contributed by atoms with Gasteiger partial charge >= 0.3 is 11.8 Å².